The summed E-state index contributed by atoms with van der Waals surface area (Å²) in [6.07, 6.45) is 0. The smallest absolute Gasteiger partial charge is 0.0412 e. The van der Waals surface area contributed by atoms with Crippen LogP contribution >= 0.6 is 11.6 Å². The summed E-state index contributed by atoms with van der Waals surface area (Å²) in [5.41, 5.74) is 2.45. The minimum absolute atomic E-state index is 0.779. The van der Waals surface area contributed by atoms with Gasteiger partial charge < -0.3 is 0 Å². The van der Waals surface area contributed by atoms with Crippen molar-refractivity contribution < 1.29 is 0 Å². The fraction of sp³-hybridized carbons (Fsp3) is 0. The van der Waals surface area contributed by atoms with Crippen LogP contribution in [-0.2, 0) is 0 Å². The van der Waals surface area contributed by atoms with Crippen molar-refractivity contribution in [2.75, 3.05) is 0 Å². The molecule has 0 heterocycles. The van der Waals surface area contributed by atoms with Gasteiger partial charge in [-0.2, -0.15) is 0 Å². The molecule has 0 saturated heterocycles. The van der Waals surface area contributed by atoms with E-state index in [0.717, 1.165) is 5.02 Å². The van der Waals surface area contributed by atoms with Gasteiger partial charge in [0.1, 0.15) is 0 Å². The van der Waals surface area contributed by atoms with E-state index in [1.807, 2.05) is 18.2 Å². The quantitative estimate of drug-likeness (QED) is 0.549. The topological polar surface area (TPSA) is 0 Å². The van der Waals surface area contributed by atoms with Crippen LogP contribution in [0.4, 0.5) is 0 Å². The Bertz CT molecular complexity index is 657. The van der Waals surface area contributed by atoms with Crippen LogP contribution in [-0.4, -0.2) is 0 Å². The van der Waals surface area contributed by atoms with Gasteiger partial charge in [0.2, 0.25) is 0 Å². The van der Waals surface area contributed by atoms with E-state index >= 15 is 0 Å². The lowest BCUT2D eigenvalue weighted by Crippen LogP contribution is -1.80. The Morgan fingerprint density at radius 1 is 0.706 bits per heavy atom. The molecule has 0 aliphatic carbocycles. The third kappa shape index (κ3) is 1.92. The van der Waals surface area contributed by atoms with Crippen molar-refractivity contribution in [3.63, 3.8) is 0 Å². The summed E-state index contributed by atoms with van der Waals surface area (Å²) in [5, 5.41) is 3.20. The third-order valence-electron chi connectivity index (χ3n) is 2.93. The maximum Gasteiger partial charge on any atom is 0.0412 e. The molecule has 3 aromatic carbocycles. The minimum atomic E-state index is 0.779. The highest BCUT2D eigenvalue weighted by Crippen LogP contribution is 2.30. The second-order valence-electron chi connectivity index (χ2n) is 4.04. The van der Waals surface area contributed by atoms with Crippen LogP contribution < -0.4 is 0 Å². The molecule has 17 heavy (non-hydrogen) atoms. The van der Waals surface area contributed by atoms with E-state index in [1.165, 1.54) is 21.9 Å². The Balaban J connectivity index is 2.33. The van der Waals surface area contributed by atoms with Crippen LogP contribution in [0.2, 0.25) is 5.02 Å². The van der Waals surface area contributed by atoms with E-state index in [4.69, 9.17) is 11.6 Å². The zero-order valence-corrected chi connectivity index (χ0v) is 9.98. The van der Waals surface area contributed by atoms with Gasteiger partial charge in [0.15, 0.2) is 0 Å². The van der Waals surface area contributed by atoms with Gasteiger partial charge in [-0.05, 0) is 34.0 Å². The first-order valence-electron chi connectivity index (χ1n) is 5.58. The highest BCUT2D eigenvalue weighted by Gasteiger charge is 2.03. The average molecular weight is 239 g/mol. The van der Waals surface area contributed by atoms with E-state index in [-0.39, 0.29) is 0 Å². The Hall–Kier alpha value is -1.79. The first-order chi connectivity index (χ1) is 8.34. The first kappa shape index (κ1) is 10.4. The number of halogens is 1. The SMILES string of the molecule is Clc1ccc2cccc(-c3ccccc3)c2c1. The highest BCUT2D eigenvalue weighted by molar-refractivity contribution is 6.31. The average Bonchev–Trinajstić information content (AvgIpc) is 2.39. The molecule has 3 rings (SSSR count). The van der Waals surface area contributed by atoms with E-state index in [1.54, 1.807) is 0 Å². The summed E-state index contributed by atoms with van der Waals surface area (Å²) in [6, 6.07) is 22.7. The third-order valence-corrected chi connectivity index (χ3v) is 3.16. The largest absolute Gasteiger partial charge is 0.0843 e. The van der Waals surface area contributed by atoms with Gasteiger partial charge in [0, 0.05) is 5.02 Å². The summed E-state index contributed by atoms with van der Waals surface area (Å²) < 4.78 is 0. The second kappa shape index (κ2) is 4.23. The van der Waals surface area contributed by atoms with Crippen molar-refractivity contribution in [2.45, 2.75) is 0 Å². The van der Waals surface area contributed by atoms with Gasteiger partial charge in [-0.25, -0.2) is 0 Å². The van der Waals surface area contributed by atoms with E-state index in [9.17, 15) is 0 Å². The number of benzene rings is 3. The van der Waals surface area contributed by atoms with Crippen molar-refractivity contribution >= 4 is 22.4 Å². The van der Waals surface area contributed by atoms with Crippen molar-refractivity contribution in [3.05, 3.63) is 71.8 Å². The fourth-order valence-electron chi connectivity index (χ4n) is 2.11. The van der Waals surface area contributed by atoms with Gasteiger partial charge in [-0.1, -0.05) is 66.2 Å². The molecule has 0 saturated carbocycles. The maximum atomic E-state index is 6.08. The summed E-state index contributed by atoms with van der Waals surface area (Å²) in [4.78, 5) is 0. The van der Waals surface area contributed by atoms with Crippen LogP contribution in [0.3, 0.4) is 0 Å². The molecule has 0 N–H and O–H groups in total. The first-order valence-corrected chi connectivity index (χ1v) is 5.96. The molecule has 3 aromatic rings. The predicted octanol–water partition coefficient (Wildman–Crippen LogP) is 5.16. The molecule has 0 aromatic heterocycles. The second-order valence-corrected chi connectivity index (χ2v) is 4.47. The lowest BCUT2D eigenvalue weighted by Gasteiger charge is -2.07. The number of hydrogen-bond donors (Lipinski definition) is 0. The molecule has 0 fully saturated rings. The zero-order valence-electron chi connectivity index (χ0n) is 9.23. The predicted molar refractivity (Wildman–Crippen MR) is 74.4 cm³/mol. The van der Waals surface area contributed by atoms with Crippen molar-refractivity contribution in [1.82, 2.24) is 0 Å². The lowest BCUT2D eigenvalue weighted by atomic mass is 9.98. The van der Waals surface area contributed by atoms with Crippen LogP contribution in [0.1, 0.15) is 0 Å². The molecule has 0 spiro atoms. The molecule has 0 aliphatic heterocycles. The van der Waals surface area contributed by atoms with Gasteiger partial charge >= 0.3 is 0 Å². The standard InChI is InChI=1S/C16H11Cl/c17-14-10-9-13-7-4-8-15(16(13)11-14)12-5-2-1-3-6-12/h1-11H. The fourth-order valence-corrected chi connectivity index (χ4v) is 2.29. The molecule has 0 atom stereocenters. The van der Waals surface area contributed by atoms with Crippen LogP contribution in [0, 0.1) is 0 Å². The van der Waals surface area contributed by atoms with E-state index in [2.05, 4.69) is 48.5 Å². The minimum Gasteiger partial charge on any atom is -0.0843 e. The summed E-state index contributed by atoms with van der Waals surface area (Å²) in [6.45, 7) is 0. The van der Waals surface area contributed by atoms with Crippen LogP contribution in [0.15, 0.2) is 66.7 Å². The van der Waals surface area contributed by atoms with Gasteiger partial charge in [0.25, 0.3) is 0 Å². The summed E-state index contributed by atoms with van der Waals surface area (Å²) in [7, 11) is 0. The number of fused-ring (bicyclic) bond motifs is 1. The molecular formula is C16H11Cl. The highest BCUT2D eigenvalue weighted by atomic mass is 35.5. The van der Waals surface area contributed by atoms with E-state index < -0.39 is 0 Å². The summed E-state index contributed by atoms with van der Waals surface area (Å²) >= 11 is 6.08. The van der Waals surface area contributed by atoms with Crippen molar-refractivity contribution in [1.29, 1.82) is 0 Å². The lowest BCUT2D eigenvalue weighted by molar-refractivity contribution is 1.65. The monoisotopic (exact) mass is 238 g/mol. The Morgan fingerprint density at radius 3 is 2.35 bits per heavy atom. The molecule has 82 valence electrons. The van der Waals surface area contributed by atoms with Crippen molar-refractivity contribution in [2.24, 2.45) is 0 Å². The van der Waals surface area contributed by atoms with Gasteiger partial charge in [0.05, 0.1) is 0 Å². The number of rotatable bonds is 1. The Morgan fingerprint density at radius 2 is 1.53 bits per heavy atom. The molecular weight excluding hydrogens is 228 g/mol. The van der Waals surface area contributed by atoms with Gasteiger partial charge in [-0.15, -0.1) is 0 Å². The van der Waals surface area contributed by atoms with Gasteiger partial charge in [-0.3, -0.25) is 0 Å². The Kier molecular flexibility index (Phi) is 2.58. The number of hydrogen-bond acceptors (Lipinski definition) is 0. The van der Waals surface area contributed by atoms with Crippen LogP contribution in [0.5, 0.6) is 0 Å². The molecule has 0 nitrogen and oxygen atoms in total. The molecule has 0 aliphatic rings. The van der Waals surface area contributed by atoms with E-state index in [0.29, 0.717) is 0 Å². The normalized spacial score (nSPS) is 10.6. The summed E-state index contributed by atoms with van der Waals surface area (Å²) in [5.74, 6) is 0. The molecule has 1 heteroatoms. The van der Waals surface area contributed by atoms with Crippen LogP contribution in [0.25, 0.3) is 21.9 Å². The molecule has 0 unspecified atom stereocenters. The molecule has 0 bridgehead atoms. The Labute approximate surface area is 105 Å². The van der Waals surface area contributed by atoms with Crippen molar-refractivity contribution in [3.8, 4) is 11.1 Å². The molecule has 0 radical (unpaired) electrons. The molecule has 0 amide bonds. The maximum absolute atomic E-state index is 6.08. The zero-order chi connectivity index (χ0) is 11.7.